The summed E-state index contributed by atoms with van der Waals surface area (Å²) >= 11 is 3.11. The molecule has 1 rings (SSSR count). The van der Waals surface area contributed by atoms with Crippen LogP contribution < -0.4 is 5.73 Å². The minimum atomic E-state index is -3.38. The first-order valence-corrected chi connectivity index (χ1v) is 7.23. The van der Waals surface area contributed by atoms with Crippen molar-refractivity contribution in [3.63, 3.8) is 0 Å². The molecule has 0 aliphatic heterocycles. The van der Waals surface area contributed by atoms with Crippen molar-refractivity contribution in [2.45, 2.75) is 17.9 Å². The summed E-state index contributed by atoms with van der Waals surface area (Å²) < 4.78 is 37.4. The van der Waals surface area contributed by atoms with Crippen LogP contribution in [0.2, 0.25) is 0 Å². The molecule has 6 heteroatoms. The number of hydrogen-bond acceptors (Lipinski definition) is 3. The van der Waals surface area contributed by atoms with Crippen LogP contribution in [0.25, 0.3) is 0 Å². The molecule has 0 aliphatic rings. The third-order valence-electron chi connectivity index (χ3n) is 2.32. The first-order valence-electron chi connectivity index (χ1n) is 4.72. The van der Waals surface area contributed by atoms with E-state index in [0.29, 0.717) is 4.47 Å². The molecular formula is C10H13BrFNO2S. The molecule has 0 amide bonds. The smallest absolute Gasteiger partial charge is 0.158 e. The Morgan fingerprint density at radius 2 is 2.12 bits per heavy atom. The van der Waals surface area contributed by atoms with Gasteiger partial charge in [0.15, 0.2) is 9.84 Å². The molecule has 0 fully saturated rings. The Morgan fingerprint density at radius 3 is 2.62 bits per heavy atom. The molecule has 1 unspecified atom stereocenters. The Bertz CT molecular complexity index is 476. The van der Waals surface area contributed by atoms with Crippen molar-refractivity contribution in [2.24, 2.45) is 5.73 Å². The van der Waals surface area contributed by atoms with Gasteiger partial charge in [-0.2, -0.15) is 0 Å². The molecule has 0 bridgehead atoms. The highest BCUT2D eigenvalue weighted by Gasteiger charge is 2.21. The highest BCUT2D eigenvalue weighted by Crippen LogP contribution is 2.18. The van der Waals surface area contributed by atoms with E-state index in [-0.39, 0.29) is 17.9 Å². The Balaban J connectivity index is 2.97. The summed E-state index contributed by atoms with van der Waals surface area (Å²) in [6, 6.07) is 4.32. The molecule has 0 radical (unpaired) electrons. The lowest BCUT2D eigenvalue weighted by Crippen LogP contribution is -2.28. The number of halogens is 2. The minimum absolute atomic E-state index is 0.0421. The Hall–Kier alpha value is -0.460. The van der Waals surface area contributed by atoms with E-state index in [1.165, 1.54) is 19.1 Å². The fourth-order valence-electron chi connectivity index (χ4n) is 1.14. The predicted octanol–water partition coefficient (Wildman–Crippen LogP) is 1.85. The van der Waals surface area contributed by atoms with Crippen LogP contribution in [-0.4, -0.2) is 20.2 Å². The second-order valence-electron chi connectivity index (χ2n) is 3.59. The van der Waals surface area contributed by atoms with Gasteiger partial charge in [0.25, 0.3) is 0 Å². The molecule has 0 saturated heterocycles. The summed E-state index contributed by atoms with van der Waals surface area (Å²) in [7, 11) is -3.38. The van der Waals surface area contributed by atoms with E-state index in [4.69, 9.17) is 5.73 Å². The first kappa shape index (κ1) is 13.6. The quantitative estimate of drug-likeness (QED) is 0.923. The maximum absolute atomic E-state index is 13.4. The van der Waals surface area contributed by atoms with Gasteiger partial charge in [-0.05, 0) is 19.1 Å². The molecule has 1 aromatic rings. The highest BCUT2D eigenvalue weighted by atomic mass is 79.9. The number of benzene rings is 1. The molecule has 90 valence electrons. The first-order chi connectivity index (χ1) is 7.36. The Morgan fingerprint density at radius 1 is 1.50 bits per heavy atom. The lowest BCUT2D eigenvalue weighted by molar-refractivity contribution is 0.576. The number of rotatable bonds is 4. The van der Waals surface area contributed by atoms with Crippen molar-refractivity contribution in [3.8, 4) is 0 Å². The number of sulfone groups is 1. The van der Waals surface area contributed by atoms with Gasteiger partial charge in [0.1, 0.15) is 5.82 Å². The molecular weight excluding hydrogens is 297 g/mol. The van der Waals surface area contributed by atoms with E-state index in [1.807, 2.05) is 0 Å². The largest absolute Gasteiger partial charge is 0.329 e. The molecule has 16 heavy (non-hydrogen) atoms. The van der Waals surface area contributed by atoms with Gasteiger partial charge in [-0.1, -0.05) is 22.0 Å². The van der Waals surface area contributed by atoms with Crippen molar-refractivity contribution in [3.05, 3.63) is 34.1 Å². The molecule has 0 saturated carbocycles. The van der Waals surface area contributed by atoms with Gasteiger partial charge in [0.05, 0.1) is 11.0 Å². The molecule has 3 nitrogen and oxygen atoms in total. The van der Waals surface area contributed by atoms with Gasteiger partial charge < -0.3 is 5.73 Å². The molecule has 0 heterocycles. The average Bonchev–Trinajstić information content (AvgIpc) is 2.21. The second kappa shape index (κ2) is 5.25. The van der Waals surface area contributed by atoms with Gasteiger partial charge >= 0.3 is 0 Å². The fraction of sp³-hybridized carbons (Fsp3) is 0.400. The van der Waals surface area contributed by atoms with Crippen LogP contribution in [0.3, 0.4) is 0 Å². The van der Waals surface area contributed by atoms with E-state index >= 15 is 0 Å². The standard InChI is InChI=1S/C10H13BrFNO2S/c1-7(5-13)16(14,15)6-8-2-3-9(11)4-10(8)12/h2-4,7H,5-6,13H2,1H3. The summed E-state index contributed by atoms with van der Waals surface area (Å²) in [5.74, 6) is -0.841. The second-order valence-corrected chi connectivity index (χ2v) is 6.92. The van der Waals surface area contributed by atoms with Crippen molar-refractivity contribution in [1.82, 2.24) is 0 Å². The Labute approximate surface area is 103 Å². The zero-order chi connectivity index (χ0) is 12.3. The van der Waals surface area contributed by atoms with Gasteiger partial charge in [-0.3, -0.25) is 0 Å². The van der Waals surface area contributed by atoms with Gasteiger partial charge in [0, 0.05) is 16.6 Å². The van der Waals surface area contributed by atoms with E-state index in [9.17, 15) is 12.8 Å². The van der Waals surface area contributed by atoms with Gasteiger partial charge in [-0.25, -0.2) is 12.8 Å². The summed E-state index contributed by atoms with van der Waals surface area (Å²) in [6.45, 7) is 1.56. The average molecular weight is 310 g/mol. The van der Waals surface area contributed by atoms with Crippen LogP contribution in [0.15, 0.2) is 22.7 Å². The van der Waals surface area contributed by atoms with E-state index in [1.54, 1.807) is 6.07 Å². The summed E-state index contributed by atoms with van der Waals surface area (Å²) in [5.41, 5.74) is 5.46. The molecule has 1 atom stereocenters. The molecule has 1 aromatic carbocycles. The van der Waals surface area contributed by atoms with Crippen LogP contribution in [0.4, 0.5) is 4.39 Å². The molecule has 0 spiro atoms. The third-order valence-corrected chi connectivity index (χ3v) is 4.94. The zero-order valence-corrected chi connectivity index (χ0v) is 11.2. The van der Waals surface area contributed by atoms with Crippen LogP contribution in [0, 0.1) is 5.82 Å². The van der Waals surface area contributed by atoms with E-state index in [0.717, 1.165) is 0 Å². The SMILES string of the molecule is CC(CN)S(=O)(=O)Cc1ccc(Br)cc1F. The summed E-state index contributed by atoms with van der Waals surface area (Å²) in [6.07, 6.45) is 0. The zero-order valence-electron chi connectivity index (χ0n) is 8.78. The number of nitrogens with two attached hydrogens (primary N) is 1. The van der Waals surface area contributed by atoms with E-state index in [2.05, 4.69) is 15.9 Å². The van der Waals surface area contributed by atoms with Crippen molar-refractivity contribution >= 4 is 25.8 Å². The summed E-state index contributed by atoms with van der Waals surface area (Å²) in [5, 5.41) is -0.657. The Kier molecular flexibility index (Phi) is 4.46. The maximum atomic E-state index is 13.4. The molecule has 0 aliphatic carbocycles. The van der Waals surface area contributed by atoms with Gasteiger partial charge in [-0.15, -0.1) is 0 Å². The van der Waals surface area contributed by atoms with Gasteiger partial charge in [0.2, 0.25) is 0 Å². The van der Waals surface area contributed by atoms with Crippen molar-refractivity contribution in [1.29, 1.82) is 0 Å². The maximum Gasteiger partial charge on any atom is 0.158 e. The van der Waals surface area contributed by atoms with Crippen LogP contribution >= 0.6 is 15.9 Å². The van der Waals surface area contributed by atoms with Crippen LogP contribution in [0.1, 0.15) is 12.5 Å². The lowest BCUT2D eigenvalue weighted by atomic mass is 10.2. The monoisotopic (exact) mass is 309 g/mol. The van der Waals surface area contributed by atoms with E-state index < -0.39 is 20.9 Å². The normalized spacial score (nSPS) is 13.8. The molecule has 2 N–H and O–H groups in total. The predicted molar refractivity (Wildman–Crippen MR) is 65.2 cm³/mol. The fourth-order valence-corrected chi connectivity index (χ4v) is 2.72. The van der Waals surface area contributed by atoms with Crippen LogP contribution in [-0.2, 0) is 15.6 Å². The third kappa shape index (κ3) is 3.26. The van der Waals surface area contributed by atoms with Crippen molar-refractivity contribution in [2.75, 3.05) is 6.54 Å². The van der Waals surface area contributed by atoms with Crippen molar-refractivity contribution < 1.29 is 12.8 Å². The number of hydrogen-bond donors (Lipinski definition) is 1. The molecule has 0 aromatic heterocycles. The van der Waals surface area contributed by atoms with Crippen LogP contribution in [0.5, 0.6) is 0 Å². The highest BCUT2D eigenvalue weighted by molar-refractivity contribution is 9.10. The topological polar surface area (TPSA) is 60.2 Å². The minimum Gasteiger partial charge on any atom is -0.329 e. The lowest BCUT2D eigenvalue weighted by Gasteiger charge is -2.11. The summed E-state index contributed by atoms with van der Waals surface area (Å²) in [4.78, 5) is 0.